The van der Waals surface area contributed by atoms with Gasteiger partial charge in [0.05, 0.1) is 31.2 Å². The SMILES string of the molecule is COc1cccc(OCCNC(=O)c2ccccc2N(C)S(C)(=O)=O)c1. The molecule has 0 aliphatic rings. The van der Waals surface area contributed by atoms with E-state index in [1.165, 1.54) is 7.05 Å². The number of nitrogens with zero attached hydrogens (tertiary/aromatic N) is 1. The van der Waals surface area contributed by atoms with Crippen LogP contribution in [0.15, 0.2) is 48.5 Å². The summed E-state index contributed by atoms with van der Waals surface area (Å²) in [5.41, 5.74) is 0.600. The van der Waals surface area contributed by atoms with Crippen molar-refractivity contribution in [3.05, 3.63) is 54.1 Å². The molecule has 26 heavy (non-hydrogen) atoms. The summed E-state index contributed by atoms with van der Waals surface area (Å²) in [6.45, 7) is 0.538. The van der Waals surface area contributed by atoms with Crippen LogP contribution in [0.1, 0.15) is 10.4 Å². The van der Waals surface area contributed by atoms with Gasteiger partial charge in [0.15, 0.2) is 0 Å². The number of sulfonamides is 1. The average molecular weight is 378 g/mol. The highest BCUT2D eigenvalue weighted by molar-refractivity contribution is 7.92. The molecular weight excluding hydrogens is 356 g/mol. The zero-order valence-electron chi connectivity index (χ0n) is 14.9. The van der Waals surface area contributed by atoms with E-state index in [4.69, 9.17) is 9.47 Å². The Morgan fingerprint density at radius 1 is 1.12 bits per heavy atom. The van der Waals surface area contributed by atoms with Gasteiger partial charge in [-0.2, -0.15) is 0 Å². The van der Waals surface area contributed by atoms with Crippen LogP contribution < -0.4 is 19.1 Å². The van der Waals surface area contributed by atoms with E-state index >= 15 is 0 Å². The number of ether oxygens (including phenoxy) is 2. The van der Waals surface area contributed by atoms with E-state index in [-0.39, 0.29) is 24.6 Å². The van der Waals surface area contributed by atoms with Crippen molar-refractivity contribution in [2.24, 2.45) is 0 Å². The molecule has 7 nitrogen and oxygen atoms in total. The molecule has 1 amide bonds. The lowest BCUT2D eigenvalue weighted by Crippen LogP contribution is -2.31. The Labute approximate surface area is 153 Å². The zero-order chi connectivity index (χ0) is 19.2. The van der Waals surface area contributed by atoms with Crippen molar-refractivity contribution in [1.82, 2.24) is 5.32 Å². The summed E-state index contributed by atoms with van der Waals surface area (Å²) in [6, 6.07) is 13.7. The Morgan fingerprint density at radius 3 is 2.50 bits per heavy atom. The minimum absolute atomic E-state index is 0.267. The fourth-order valence-corrected chi connectivity index (χ4v) is 2.76. The summed E-state index contributed by atoms with van der Waals surface area (Å²) in [7, 11) is -0.479. The number of carbonyl (C=O) groups is 1. The fraction of sp³-hybridized carbons (Fsp3) is 0.278. The van der Waals surface area contributed by atoms with Crippen LogP contribution in [0.5, 0.6) is 11.5 Å². The van der Waals surface area contributed by atoms with Crippen molar-refractivity contribution in [3.63, 3.8) is 0 Å². The van der Waals surface area contributed by atoms with Crippen molar-refractivity contribution >= 4 is 21.6 Å². The molecule has 0 unspecified atom stereocenters. The van der Waals surface area contributed by atoms with Crippen molar-refractivity contribution in [2.75, 3.05) is 37.9 Å². The number of para-hydroxylation sites is 1. The number of nitrogens with one attached hydrogen (secondary N) is 1. The molecule has 140 valence electrons. The maximum Gasteiger partial charge on any atom is 0.253 e. The topological polar surface area (TPSA) is 84.9 Å². The normalized spacial score (nSPS) is 10.9. The molecule has 1 N–H and O–H groups in total. The molecule has 2 rings (SSSR count). The lowest BCUT2D eigenvalue weighted by molar-refractivity contribution is 0.0947. The highest BCUT2D eigenvalue weighted by Gasteiger charge is 2.19. The van der Waals surface area contributed by atoms with E-state index in [1.54, 1.807) is 43.5 Å². The van der Waals surface area contributed by atoms with Crippen molar-refractivity contribution in [3.8, 4) is 11.5 Å². The molecule has 0 saturated carbocycles. The number of hydrogen-bond acceptors (Lipinski definition) is 5. The largest absolute Gasteiger partial charge is 0.497 e. The molecule has 0 spiro atoms. The monoisotopic (exact) mass is 378 g/mol. The molecule has 0 aromatic heterocycles. The van der Waals surface area contributed by atoms with Gasteiger partial charge in [0.1, 0.15) is 18.1 Å². The zero-order valence-corrected chi connectivity index (χ0v) is 15.7. The second kappa shape index (κ2) is 8.57. The Morgan fingerprint density at radius 2 is 1.81 bits per heavy atom. The third-order valence-corrected chi connectivity index (χ3v) is 4.87. The summed E-state index contributed by atoms with van der Waals surface area (Å²) < 4.78 is 35.2. The first-order valence-electron chi connectivity index (χ1n) is 7.91. The van der Waals surface area contributed by atoms with Crippen molar-refractivity contribution < 1.29 is 22.7 Å². The summed E-state index contributed by atoms with van der Waals surface area (Å²) in [5.74, 6) is 0.949. The first-order valence-corrected chi connectivity index (χ1v) is 9.75. The van der Waals surface area contributed by atoms with Gasteiger partial charge in [0.2, 0.25) is 10.0 Å². The molecule has 0 radical (unpaired) electrons. The first-order chi connectivity index (χ1) is 12.3. The van der Waals surface area contributed by atoms with Gasteiger partial charge in [-0.25, -0.2) is 8.42 Å². The van der Waals surface area contributed by atoms with Gasteiger partial charge in [-0.3, -0.25) is 9.10 Å². The predicted molar refractivity (Wildman–Crippen MR) is 101 cm³/mol. The van der Waals surface area contributed by atoms with Crippen molar-refractivity contribution in [1.29, 1.82) is 0 Å². The lowest BCUT2D eigenvalue weighted by Gasteiger charge is -2.19. The number of hydrogen-bond donors (Lipinski definition) is 1. The van der Waals surface area contributed by atoms with Crippen LogP contribution in [0.25, 0.3) is 0 Å². The highest BCUT2D eigenvalue weighted by Crippen LogP contribution is 2.21. The summed E-state index contributed by atoms with van der Waals surface area (Å²) in [4.78, 5) is 12.4. The molecule has 0 aliphatic heterocycles. The van der Waals surface area contributed by atoms with E-state index < -0.39 is 10.0 Å². The molecule has 0 fully saturated rings. The molecule has 0 atom stereocenters. The Hall–Kier alpha value is -2.74. The van der Waals surface area contributed by atoms with Gasteiger partial charge in [-0.15, -0.1) is 0 Å². The van der Waals surface area contributed by atoms with Crippen LogP contribution >= 0.6 is 0 Å². The van der Waals surface area contributed by atoms with Gasteiger partial charge in [-0.05, 0) is 24.3 Å². The molecule has 0 saturated heterocycles. The standard InChI is InChI=1S/C18H22N2O5S/c1-20(26(3,22)23)17-10-5-4-9-16(17)18(21)19-11-12-25-15-8-6-7-14(13-15)24-2/h4-10,13H,11-12H2,1-3H3,(H,19,21). The summed E-state index contributed by atoms with van der Waals surface area (Å²) >= 11 is 0. The number of anilines is 1. The van der Waals surface area contributed by atoms with Gasteiger partial charge in [0, 0.05) is 13.1 Å². The van der Waals surface area contributed by atoms with Crippen molar-refractivity contribution in [2.45, 2.75) is 0 Å². The highest BCUT2D eigenvalue weighted by atomic mass is 32.2. The quantitative estimate of drug-likeness (QED) is 0.709. The van der Waals surface area contributed by atoms with Gasteiger partial charge < -0.3 is 14.8 Å². The number of benzene rings is 2. The second-order valence-electron chi connectivity index (χ2n) is 5.53. The Balaban J connectivity index is 1.96. The molecule has 8 heteroatoms. The molecule has 0 aliphatic carbocycles. The third-order valence-electron chi connectivity index (χ3n) is 3.68. The molecular formula is C18H22N2O5S. The Kier molecular flexibility index (Phi) is 6.46. The number of amides is 1. The maximum atomic E-state index is 12.4. The van der Waals surface area contributed by atoms with Crippen LogP contribution in [0.3, 0.4) is 0 Å². The maximum absolute atomic E-state index is 12.4. The van der Waals surface area contributed by atoms with Crippen LogP contribution in [0.4, 0.5) is 5.69 Å². The van der Waals surface area contributed by atoms with E-state index in [9.17, 15) is 13.2 Å². The third kappa shape index (κ3) is 5.13. The van der Waals surface area contributed by atoms with Crippen LogP contribution in [-0.2, 0) is 10.0 Å². The van der Waals surface area contributed by atoms with E-state index in [0.717, 1.165) is 10.6 Å². The molecule has 0 heterocycles. The lowest BCUT2D eigenvalue weighted by atomic mass is 10.1. The predicted octanol–water partition coefficient (Wildman–Crippen LogP) is 1.90. The number of carbonyl (C=O) groups excluding carboxylic acids is 1. The molecule has 0 bridgehead atoms. The number of rotatable bonds is 8. The second-order valence-corrected chi connectivity index (χ2v) is 7.54. The smallest absolute Gasteiger partial charge is 0.253 e. The van der Waals surface area contributed by atoms with E-state index in [0.29, 0.717) is 17.2 Å². The molecule has 2 aromatic carbocycles. The van der Waals surface area contributed by atoms with Crippen LogP contribution in [0.2, 0.25) is 0 Å². The van der Waals surface area contributed by atoms with Gasteiger partial charge in [-0.1, -0.05) is 18.2 Å². The van der Waals surface area contributed by atoms with E-state index in [1.807, 2.05) is 12.1 Å². The van der Waals surface area contributed by atoms with Crippen LogP contribution in [0, 0.1) is 0 Å². The number of methoxy groups -OCH3 is 1. The van der Waals surface area contributed by atoms with E-state index in [2.05, 4.69) is 5.32 Å². The summed E-state index contributed by atoms with van der Waals surface area (Å²) in [6.07, 6.45) is 1.09. The Bertz CT molecular complexity index is 867. The first kappa shape index (κ1) is 19.6. The van der Waals surface area contributed by atoms with Crippen LogP contribution in [-0.4, -0.2) is 47.9 Å². The average Bonchev–Trinajstić information content (AvgIpc) is 2.64. The molecule has 2 aromatic rings. The fourth-order valence-electron chi connectivity index (χ4n) is 2.24. The van der Waals surface area contributed by atoms with Gasteiger partial charge >= 0.3 is 0 Å². The summed E-state index contributed by atoms with van der Waals surface area (Å²) in [5, 5.41) is 2.73. The minimum Gasteiger partial charge on any atom is -0.497 e. The van der Waals surface area contributed by atoms with Gasteiger partial charge in [0.25, 0.3) is 5.91 Å². The minimum atomic E-state index is -3.46.